The summed E-state index contributed by atoms with van der Waals surface area (Å²) in [6, 6.07) is 8.02. The Balaban J connectivity index is 1.80. The SMILES string of the molecule is Cn1ccc(CC(=O)c2ccc3c(c2)CCC3)n1. The molecule has 3 heteroatoms. The number of carbonyl (C=O) groups excluding carboxylic acids is 1. The highest BCUT2D eigenvalue weighted by molar-refractivity contribution is 5.97. The minimum atomic E-state index is 0.156. The van der Waals surface area contributed by atoms with Crippen LogP contribution in [0.4, 0.5) is 0 Å². The summed E-state index contributed by atoms with van der Waals surface area (Å²) < 4.78 is 1.73. The molecule has 0 bridgehead atoms. The lowest BCUT2D eigenvalue weighted by Gasteiger charge is -2.03. The van der Waals surface area contributed by atoms with Gasteiger partial charge in [0.05, 0.1) is 12.1 Å². The fraction of sp³-hybridized carbons (Fsp3) is 0.333. The van der Waals surface area contributed by atoms with E-state index < -0.39 is 0 Å². The molecule has 1 aliphatic carbocycles. The lowest BCUT2D eigenvalue weighted by atomic mass is 10.0. The zero-order valence-electron chi connectivity index (χ0n) is 10.5. The molecule has 0 spiro atoms. The number of hydrogen-bond donors (Lipinski definition) is 0. The van der Waals surface area contributed by atoms with Gasteiger partial charge in [0.25, 0.3) is 0 Å². The molecule has 1 aliphatic rings. The quantitative estimate of drug-likeness (QED) is 0.772. The molecule has 2 aromatic rings. The molecule has 92 valence electrons. The Bertz CT molecular complexity index is 598. The monoisotopic (exact) mass is 240 g/mol. The molecule has 1 heterocycles. The number of fused-ring (bicyclic) bond motifs is 1. The van der Waals surface area contributed by atoms with Gasteiger partial charge in [0, 0.05) is 18.8 Å². The first-order valence-electron chi connectivity index (χ1n) is 6.36. The zero-order valence-corrected chi connectivity index (χ0v) is 10.5. The van der Waals surface area contributed by atoms with E-state index in [4.69, 9.17) is 0 Å². The Morgan fingerprint density at radius 3 is 2.89 bits per heavy atom. The van der Waals surface area contributed by atoms with E-state index in [1.54, 1.807) is 4.68 Å². The minimum absolute atomic E-state index is 0.156. The van der Waals surface area contributed by atoms with Gasteiger partial charge >= 0.3 is 0 Å². The van der Waals surface area contributed by atoms with E-state index in [1.807, 2.05) is 25.4 Å². The minimum Gasteiger partial charge on any atom is -0.294 e. The molecule has 0 saturated heterocycles. The van der Waals surface area contributed by atoms with Crippen molar-refractivity contribution in [3.63, 3.8) is 0 Å². The highest BCUT2D eigenvalue weighted by Crippen LogP contribution is 2.23. The molecule has 3 nitrogen and oxygen atoms in total. The maximum Gasteiger partial charge on any atom is 0.168 e. The number of aryl methyl sites for hydroxylation is 3. The molecule has 0 N–H and O–H groups in total. The van der Waals surface area contributed by atoms with Crippen LogP contribution in [0.1, 0.15) is 33.6 Å². The summed E-state index contributed by atoms with van der Waals surface area (Å²) in [5.41, 5.74) is 4.41. The number of carbonyl (C=O) groups is 1. The summed E-state index contributed by atoms with van der Waals surface area (Å²) in [4.78, 5) is 12.2. The van der Waals surface area contributed by atoms with Gasteiger partial charge in [-0.1, -0.05) is 12.1 Å². The Morgan fingerprint density at radius 1 is 1.28 bits per heavy atom. The predicted octanol–water partition coefficient (Wildman–Crippen LogP) is 2.33. The molecule has 0 atom stereocenters. The van der Waals surface area contributed by atoms with Crippen LogP contribution in [0.5, 0.6) is 0 Å². The van der Waals surface area contributed by atoms with Crippen LogP contribution in [0, 0.1) is 0 Å². The highest BCUT2D eigenvalue weighted by atomic mass is 16.1. The third-order valence-electron chi connectivity index (χ3n) is 3.53. The highest BCUT2D eigenvalue weighted by Gasteiger charge is 2.14. The molecule has 0 aliphatic heterocycles. The maximum absolute atomic E-state index is 12.2. The average molecular weight is 240 g/mol. The number of hydrogen-bond acceptors (Lipinski definition) is 2. The first kappa shape index (κ1) is 11.2. The Labute approximate surface area is 106 Å². The largest absolute Gasteiger partial charge is 0.294 e. The maximum atomic E-state index is 12.2. The van der Waals surface area contributed by atoms with Crippen molar-refractivity contribution in [2.75, 3.05) is 0 Å². The van der Waals surface area contributed by atoms with Gasteiger partial charge in [-0.2, -0.15) is 5.10 Å². The Kier molecular flexibility index (Phi) is 2.74. The van der Waals surface area contributed by atoms with Crippen molar-refractivity contribution >= 4 is 5.78 Å². The molecule has 0 unspecified atom stereocenters. The van der Waals surface area contributed by atoms with Crippen LogP contribution >= 0.6 is 0 Å². The van der Waals surface area contributed by atoms with E-state index in [0.29, 0.717) is 6.42 Å². The van der Waals surface area contributed by atoms with E-state index in [9.17, 15) is 4.79 Å². The smallest absolute Gasteiger partial charge is 0.168 e. The number of benzene rings is 1. The van der Waals surface area contributed by atoms with Crippen LogP contribution in [0.2, 0.25) is 0 Å². The molecular formula is C15H16N2O. The zero-order chi connectivity index (χ0) is 12.5. The van der Waals surface area contributed by atoms with Crippen molar-refractivity contribution in [1.29, 1.82) is 0 Å². The van der Waals surface area contributed by atoms with E-state index in [0.717, 1.165) is 24.1 Å². The van der Waals surface area contributed by atoms with Gasteiger partial charge < -0.3 is 0 Å². The summed E-state index contributed by atoms with van der Waals surface area (Å²) in [6.07, 6.45) is 5.74. The van der Waals surface area contributed by atoms with Gasteiger partial charge in [0.2, 0.25) is 0 Å². The van der Waals surface area contributed by atoms with E-state index in [1.165, 1.54) is 17.5 Å². The van der Waals surface area contributed by atoms with Crippen LogP contribution in [-0.4, -0.2) is 15.6 Å². The molecule has 1 aromatic carbocycles. The fourth-order valence-electron chi connectivity index (χ4n) is 2.57. The average Bonchev–Trinajstić information content (AvgIpc) is 2.96. The number of nitrogens with zero attached hydrogens (tertiary/aromatic N) is 2. The van der Waals surface area contributed by atoms with E-state index in [2.05, 4.69) is 17.2 Å². The fourth-order valence-corrected chi connectivity index (χ4v) is 2.57. The number of ketones is 1. The predicted molar refractivity (Wildman–Crippen MR) is 69.7 cm³/mol. The molecule has 0 fully saturated rings. The summed E-state index contributed by atoms with van der Waals surface area (Å²) in [5, 5.41) is 4.24. The summed E-state index contributed by atoms with van der Waals surface area (Å²) in [5.74, 6) is 0.156. The Hall–Kier alpha value is -1.90. The van der Waals surface area contributed by atoms with Crippen molar-refractivity contribution in [3.8, 4) is 0 Å². The van der Waals surface area contributed by atoms with Gasteiger partial charge in [0.15, 0.2) is 5.78 Å². The van der Waals surface area contributed by atoms with E-state index in [-0.39, 0.29) is 5.78 Å². The molecular weight excluding hydrogens is 224 g/mol. The summed E-state index contributed by atoms with van der Waals surface area (Å²) >= 11 is 0. The number of aromatic nitrogens is 2. The van der Waals surface area contributed by atoms with Crippen molar-refractivity contribution in [2.24, 2.45) is 7.05 Å². The van der Waals surface area contributed by atoms with Gasteiger partial charge in [-0.15, -0.1) is 0 Å². The van der Waals surface area contributed by atoms with E-state index >= 15 is 0 Å². The van der Waals surface area contributed by atoms with Crippen LogP contribution < -0.4 is 0 Å². The molecule has 18 heavy (non-hydrogen) atoms. The molecule has 3 rings (SSSR count). The molecule has 0 amide bonds. The topological polar surface area (TPSA) is 34.9 Å². The van der Waals surface area contributed by atoms with Crippen LogP contribution in [-0.2, 0) is 26.3 Å². The molecule has 0 saturated carbocycles. The van der Waals surface area contributed by atoms with Crippen LogP contribution in [0.15, 0.2) is 30.5 Å². The number of Topliss-reactive ketones (excluding diaryl/α,β-unsaturated/α-hetero) is 1. The molecule has 0 radical (unpaired) electrons. The Morgan fingerprint density at radius 2 is 2.11 bits per heavy atom. The van der Waals surface area contributed by atoms with Gasteiger partial charge in [-0.3, -0.25) is 9.48 Å². The lowest BCUT2D eigenvalue weighted by molar-refractivity contribution is 0.0991. The first-order valence-corrected chi connectivity index (χ1v) is 6.36. The van der Waals surface area contributed by atoms with Crippen molar-refractivity contribution in [2.45, 2.75) is 25.7 Å². The van der Waals surface area contributed by atoms with Crippen LogP contribution in [0.3, 0.4) is 0 Å². The molecule has 1 aromatic heterocycles. The second-order valence-electron chi connectivity index (χ2n) is 4.92. The normalized spacial score (nSPS) is 13.6. The van der Waals surface area contributed by atoms with Crippen molar-refractivity contribution in [3.05, 3.63) is 52.8 Å². The van der Waals surface area contributed by atoms with Gasteiger partial charge in [0.1, 0.15) is 0 Å². The van der Waals surface area contributed by atoms with Gasteiger partial charge in [-0.05, 0) is 42.5 Å². The third-order valence-corrected chi connectivity index (χ3v) is 3.53. The number of rotatable bonds is 3. The van der Waals surface area contributed by atoms with Crippen LogP contribution in [0.25, 0.3) is 0 Å². The van der Waals surface area contributed by atoms with Gasteiger partial charge in [-0.25, -0.2) is 0 Å². The van der Waals surface area contributed by atoms with Crippen molar-refractivity contribution in [1.82, 2.24) is 9.78 Å². The first-order chi connectivity index (χ1) is 8.72. The van der Waals surface area contributed by atoms with Crippen molar-refractivity contribution < 1.29 is 4.79 Å². The summed E-state index contributed by atoms with van der Waals surface area (Å²) in [7, 11) is 1.86. The second kappa shape index (κ2) is 4.41. The second-order valence-corrected chi connectivity index (χ2v) is 4.92. The lowest BCUT2D eigenvalue weighted by Crippen LogP contribution is -2.05. The third kappa shape index (κ3) is 2.08. The standard InChI is InChI=1S/C15H16N2O/c1-17-8-7-14(16-17)10-15(18)13-6-5-11-3-2-4-12(11)9-13/h5-9H,2-4,10H2,1H3. The summed E-state index contributed by atoms with van der Waals surface area (Å²) in [6.45, 7) is 0.